The highest BCUT2D eigenvalue weighted by atomic mass is 16.4. The summed E-state index contributed by atoms with van der Waals surface area (Å²) in [6.07, 6.45) is -0.430. The Balaban J connectivity index is 4.39. The number of nitrogens with two attached hydrogens (primary N) is 1. The fraction of sp³-hybridized carbons (Fsp3) is 0.769. The molecule has 0 radical (unpaired) electrons. The normalized spacial score (nSPS) is 12.6. The molecule has 0 aromatic rings. The van der Waals surface area contributed by atoms with Gasteiger partial charge in [-0.25, -0.2) is 9.59 Å². The summed E-state index contributed by atoms with van der Waals surface area (Å²) >= 11 is 0. The minimum atomic E-state index is -1.30. The van der Waals surface area contributed by atoms with Gasteiger partial charge in [0.15, 0.2) is 0 Å². The van der Waals surface area contributed by atoms with E-state index in [1.807, 2.05) is 0 Å². The molecule has 20 heavy (non-hydrogen) atoms. The first-order chi connectivity index (χ1) is 9.15. The number of amides is 3. The van der Waals surface area contributed by atoms with Gasteiger partial charge in [-0.2, -0.15) is 0 Å². The van der Waals surface area contributed by atoms with Crippen LogP contribution in [-0.2, 0) is 9.59 Å². The van der Waals surface area contributed by atoms with Crippen LogP contribution in [0.5, 0.6) is 0 Å². The second kappa shape index (κ2) is 8.39. The van der Waals surface area contributed by atoms with E-state index >= 15 is 0 Å². The highest BCUT2D eigenvalue weighted by Crippen LogP contribution is 2.19. The predicted octanol–water partition coefficient (Wildman–Crippen LogP) is 0.542. The van der Waals surface area contributed by atoms with Crippen molar-refractivity contribution in [3.63, 3.8) is 0 Å². The third-order valence-corrected chi connectivity index (χ3v) is 3.22. The lowest BCUT2D eigenvalue weighted by Crippen LogP contribution is -2.49. The SMILES string of the molecule is CC(C)C(CNC(=O)N[C@H](CC(N)=O)C(=O)O)C(C)C. The van der Waals surface area contributed by atoms with Crippen LogP contribution in [-0.4, -0.2) is 35.6 Å². The van der Waals surface area contributed by atoms with Crippen LogP contribution in [0.4, 0.5) is 4.79 Å². The fourth-order valence-corrected chi connectivity index (χ4v) is 2.06. The van der Waals surface area contributed by atoms with E-state index in [9.17, 15) is 14.4 Å². The van der Waals surface area contributed by atoms with Gasteiger partial charge in [0, 0.05) is 6.54 Å². The molecule has 5 N–H and O–H groups in total. The van der Waals surface area contributed by atoms with Crippen LogP contribution < -0.4 is 16.4 Å². The summed E-state index contributed by atoms with van der Waals surface area (Å²) in [6, 6.07) is -1.91. The Bertz CT molecular complexity index is 348. The summed E-state index contributed by atoms with van der Waals surface area (Å²) in [5.41, 5.74) is 4.93. The Morgan fingerprint density at radius 2 is 1.60 bits per heavy atom. The summed E-state index contributed by atoms with van der Waals surface area (Å²) < 4.78 is 0. The molecule has 0 spiro atoms. The summed E-state index contributed by atoms with van der Waals surface area (Å²) in [7, 11) is 0. The van der Waals surface area contributed by atoms with Crippen molar-refractivity contribution in [3.8, 4) is 0 Å². The number of nitrogens with one attached hydrogen (secondary N) is 2. The summed E-state index contributed by atoms with van der Waals surface area (Å²) in [5.74, 6) is -0.976. The van der Waals surface area contributed by atoms with E-state index in [1.54, 1.807) is 0 Å². The molecule has 1 atom stereocenters. The van der Waals surface area contributed by atoms with Crippen molar-refractivity contribution >= 4 is 17.9 Å². The Labute approximate surface area is 119 Å². The van der Waals surface area contributed by atoms with E-state index in [0.29, 0.717) is 24.3 Å². The molecule has 0 aromatic carbocycles. The zero-order chi connectivity index (χ0) is 15.9. The lowest BCUT2D eigenvalue weighted by molar-refractivity contribution is -0.140. The molecular weight excluding hydrogens is 262 g/mol. The lowest BCUT2D eigenvalue weighted by Gasteiger charge is -2.25. The van der Waals surface area contributed by atoms with Crippen molar-refractivity contribution in [2.45, 2.75) is 40.2 Å². The number of rotatable bonds is 8. The molecule has 7 heteroatoms. The third kappa shape index (κ3) is 6.96. The maximum atomic E-state index is 11.7. The highest BCUT2D eigenvalue weighted by molar-refractivity contribution is 5.87. The number of carbonyl (C=O) groups is 3. The van der Waals surface area contributed by atoms with Gasteiger partial charge >= 0.3 is 12.0 Å². The second-order valence-corrected chi connectivity index (χ2v) is 5.57. The molecular formula is C13H25N3O4. The zero-order valence-corrected chi connectivity index (χ0v) is 12.5. The second-order valence-electron chi connectivity index (χ2n) is 5.57. The van der Waals surface area contributed by atoms with E-state index in [0.717, 1.165) is 0 Å². The summed E-state index contributed by atoms with van der Waals surface area (Å²) in [6.45, 7) is 8.72. The Hall–Kier alpha value is -1.79. The summed E-state index contributed by atoms with van der Waals surface area (Å²) in [4.78, 5) is 33.3. The molecule has 0 aromatic heterocycles. The molecule has 0 rings (SSSR count). The Morgan fingerprint density at radius 1 is 1.10 bits per heavy atom. The van der Waals surface area contributed by atoms with Crippen molar-refractivity contribution in [3.05, 3.63) is 0 Å². The highest BCUT2D eigenvalue weighted by Gasteiger charge is 2.23. The number of carboxylic acids is 1. The van der Waals surface area contributed by atoms with Gasteiger partial charge in [0.2, 0.25) is 5.91 Å². The molecule has 0 unspecified atom stereocenters. The predicted molar refractivity (Wildman–Crippen MR) is 74.9 cm³/mol. The van der Waals surface area contributed by atoms with Gasteiger partial charge in [0.05, 0.1) is 6.42 Å². The third-order valence-electron chi connectivity index (χ3n) is 3.22. The van der Waals surface area contributed by atoms with Gasteiger partial charge in [-0.1, -0.05) is 27.7 Å². The van der Waals surface area contributed by atoms with Crippen molar-refractivity contribution < 1.29 is 19.5 Å². The Kier molecular flexibility index (Phi) is 7.64. The van der Waals surface area contributed by atoms with Gasteiger partial charge in [-0.05, 0) is 17.8 Å². The van der Waals surface area contributed by atoms with Gasteiger partial charge in [0.1, 0.15) is 6.04 Å². The fourth-order valence-electron chi connectivity index (χ4n) is 2.06. The van der Waals surface area contributed by atoms with Crippen molar-refractivity contribution in [2.24, 2.45) is 23.5 Å². The van der Waals surface area contributed by atoms with E-state index in [1.165, 1.54) is 0 Å². The number of urea groups is 1. The van der Waals surface area contributed by atoms with Crippen LogP contribution in [0.3, 0.4) is 0 Å². The molecule has 0 saturated heterocycles. The molecule has 7 nitrogen and oxygen atoms in total. The molecule has 0 saturated carbocycles. The first-order valence-corrected chi connectivity index (χ1v) is 6.70. The lowest BCUT2D eigenvalue weighted by atomic mass is 9.85. The van der Waals surface area contributed by atoms with Crippen molar-refractivity contribution in [1.82, 2.24) is 10.6 Å². The number of carbonyl (C=O) groups excluding carboxylic acids is 2. The molecule has 116 valence electrons. The van der Waals surface area contributed by atoms with E-state index in [-0.39, 0.29) is 0 Å². The van der Waals surface area contributed by atoms with E-state index < -0.39 is 30.4 Å². The van der Waals surface area contributed by atoms with Crippen LogP contribution in [0.2, 0.25) is 0 Å². The van der Waals surface area contributed by atoms with E-state index in [2.05, 4.69) is 38.3 Å². The van der Waals surface area contributed by atoms with Crippen LogP contribution in [0.25, 0.3) is 0 Å². The van der Waals surface area contributed by atoms with Crippen LogP contribution >= 0.6 is 0 Å². The van der Waals surface area contributed by atoms with Crippen molar-refractivity contribution in [2.75, 3.05) is 6.54 Å². The number of carboxylic acid groups (broad SMARTS) is 1. The first-order valence-electron chi connectivity index (χ1n) is 6.70. The molecule has 0 aliphatic rings. The average Bonchev–Trinajstić information content (AvgIpc) is 2.26. The standard InChI is InChI=1S/C13H25N3O4/c1-7(2)9(8(3)4)6-15-13(20)16-10(12(18)19)5-11(14)17/h7-10H,5-6H2,1-4H3,(H2,14,17)(H,18,19)(H2,15,16,20)/t10-/m1/s1. The smallest absolute Gasteiger partial charge is 0.326 e. The quantitative estimate of drug-likeness (QED) is 0.520. The van der Waals surface area contributed by atoms with Gasteiger partial charge < -0.3 is 21.5 Å². The largest absolute Gasteiger partial charge is 0.480 e. The topological polar surface area (TPSA) is 122 Å². The maximum Gasteiger partial charge on any atom is 0.326 e. The molecule has 0 fully saturated rings. The molecule has 0 aliphatic carbocycles. The van der Waals surface area contributed by atoms with Gasteiger partial charge in [0.25, 0.3) is 0 Å². The molecule has 0 heterocycles. The monoisotopic (exact) mass is 287 g/mol. The van der Waals surface area contributed by atoms with E-state index in [4.69, 9.17) is 10.8 Å². The number of hydrogen-bond acceptors (Lipinski definition) is 3. The van der Waals surface area contributed by atoms with Crippen LogP contribution in [0, 0.1) is 17.8 Å². The minimum absolute atomic E-state index is 0.292. The van der Waals surface area contributed by atoms with Crippen LogP contribution in [0.15, 0.2) is 0 Å². The Morgan fingerprint density at radius 3 is 1.95 bits per heavy atom. The molecule has 0 bridgehead atoms. The number of hydrogen-bond donors (Lipinski definition) is 4. The summed E-state index contributed by atoms with van der Waals surface area (Å²) in [5, 5.41) is 13.7. The van der Waals surface area contributed by atoms with Crippen molar-refractivity contribution in [1.29, 1.82) is 0 Å². The first kappa shape index (κ1) is 18.2. The number of aliphatic carboxylic acids is 1. The van der Waals surface area contributed by atoms with Gasteiger partial charge in [-0.3, -0.25) is 4.79 Å². The van der Waals surface area contributed by atoms with Crippen LogP contribution in [0.1, 0.15) is 34.1 Å². The average molecular weight is 287 g/mol. The molecule has 0 aliphatic heterocycles. The number of primary amides is 1. The van der Waals surface area contributed by atoms with Gasteiger partial charge in [-0.15, -0.1) is 0 Å². The maximum absolute atomic E-state index is 11.7. The molecule has 3 amide bonds. The zero-order valence-electron chi connectivity index (χ0n) is 12.5. The minimum Gasteiger partial charge on any atom is -0.480 e.